The molecule has 302 valence electrons. The van der Waals surface area contributed by atoms with Crippen molar-refractivity contribution >= 4 is 27.9 Å². The predicted molar refractivity (Wildman–Crippen MR) is 218 cm³/mol. The Morgan fingerprint density at radius 1 is 0.789 bits per heavy atom. The molecule has 1 atom stereocenters. The van der Waals surface area contributed by atoms with Crippen LogP contribution in [0.1, 0.15) is 41.7 Å². The molecule has 2 saturated heterocycles. The number of benzene rings is 3. The molecule has 14 heteroatoms. The number of nitrogens with zero attached hydrogens (tertiary/aromatic N) is 2. The summed E-state index contributed by atoms with van der Waals surface area (Å²) in [6, 6.07) is 27.3. The van der Waals surface area contributed by atoms with E-state index in [-0.39, 0.29) is 18.9 Å². The molecular weight excluding hydrogens is 729 g/mol. The minimum absolute atomic E-state index is 0.0421. The van der Waals surface area contributed by atoms with Crippen LogP contribution >= 0.6 is 0 Å². The van der Waals surface area contributed by atoms with Gasteiger partial charge in [-0.2, -0.15) is 0 Å². The van der Waals surface area contributed by atoms with Crippen LogP contribution in [0.3, 0.4) is 0 Å². The molecule has 0 saturated carbocycles. The number of β-amino-alcohol motifs (C(OH)–C–C–N with tert-alkyl or cyclic N) is 1. The minimum atomic E-state index is -0.879. The number of fused-ring (bicyclic) bond motifs is 2. The van der Waals surface area contributed by atoms with Crippen LogP contribution in [-0.2, 0) is 6.61 Å². The molecule has 0 radical (unpaired) electrons. The number of carbonyl (C=O) groups is 1. The monoisotopic (exact) mass is 780 g/mol. The number of aromatic amines is 3. The fourth-order valence-electron chi connectivity index (χ4n) is 6.89. The number of nitrogens with one attached hydrogen (secondary N) is 4. The van der Waals surface area contributed by atoms with E-state index in [4.69, 9.17) is 19.3 Å². The zero-order valence-electron chi connectivity index (χ0n) is 31.9. The molecule has 8 rings (SSSR count). The van der Waals surface area contributed by atoms with Gasteiger partial charge in [0, 0.05) is 35.4 Å². The van der Waals surface area contributed by atoms with Crippen LogP contribution < -0.4 is 25.2 Å². The molecule has 14 nitrogen and oxygen atoms in total. The number of aromatic nitrogens is 4. The summed E-state index contributed by atoms with van der Waals surface area (Å²) in [6.45, 7) is 6.22. The molecule has 7 N–H and O–H groups in total. The van der Waals surface area contributed by atoms with E-state index < -0.39 is 12.1 Å². The lowest BCUT2D eigenvalue weighted by Crippen LogP contribution is -2.41. The summed E-state index contributed by atoms with van der Waals surface area (Å²) in [5.74, 6) is 2.39. The van der Waals surface area contributed by atoms with E-state index in [9.17, 15) is 19.8 Å². The summed E-state index contributed by atoms with van der Waals surface area (Å²) in [7, 11) is 0. The van der Waals surface area contributed by atoms with Gasteiger partial charge in [-0.15, -0.1) is 0 Å². The minimum Gasteiger partial charge on any atom is -0.491 e. The van der Waals surface area contributed by atoms with Gasteiger partial charge in [-0.25, -0.2) is 14.6 Å². The number of rotatable bonds is 13. The number of para-hydroxylation sites is 1. The van der Waals surface area contributed by atoms with E-state index >= 15 is 0 Å². The number of imidazole rings is 1. The molecule has 5 heterocycles. The molecule has 0 spiro atoms. The van der Waals surface area contributed by atoms with Crippen molar-refractivity contribution in [3.05, 3.63) is 119 Å². The zero-order chi connectivity index (χ0) is 39.8. The third-order valence-electron chi connectivity index (χ3n) is 10.0. The second kappa shape index (κ2) is 21.0. The molecule has 2 aliphatic heterocycles. The number of aliphatic hydroxyl groups excluding tert-OH is 2. The van der Waals surface area contributed by atoms with E-state index in [0.717, 1.165) is 85.2 Å². The number of likely N-dealkylation sites (tertiary alicyclic amines) is 1. The maximum atomic E-state index is 11.3. The van der Waals surface area contributed by atoms with E-state index in [1.165, 1.54) is 0 Å². The van der Waals surface area contributed by atoms with Crippen molar-refractivity contribution in [3.8, 4) is 17.4 Å². The van der Waals surface area contributed by atoms with Gasteiger partial charge in [0.15, 0.2) is 0 Å². The lowest BCUT2D eigenvalue weighted by Gasteiger charge is -2.32. The third kappa shape index (κ3) is 12.4. The number of aliphatic hydroxyl groups is 2. The Bertz CT molecular complexity index is 2160. The summed E-state index contributed by atoms with van der Waals surface area (Å²) in [5.41, 5.74) is 3.36. The quantitative estimate of drug-likeness (QED) is 0.0813. The van der Waals surface area contributed by atoms with Crippen molar-refractivity contribution in [2.24, 2.45) is 11.8 Å². The molecule has 6 aromatic rings. The van der Waals surface area contributed by atoms with E-state index in [2.05, 4.69) is 30.2 Å². The maximum Gasteiger partial charge on any atom is 0.335 e. The summed E-state index contributed by atoms with van der Waals surface area (Å²) in [6.07, 6.45) is 5.58. The van der Waals surface area contributed by atoms with Gasteiger partial charge < -0.3 is 54.7 Å². The Morgan fingerprint density at radius 3 is 2.19 bits per heavy atom. The zero-order valence-corrected chi connectivity index (χ0v) is 31.9. The average molecular weight is 781 g/mol. The maximum absolute atomic E-state index is 11.3. The first-order chi connectivity index (χ1) is 27.8. The van der Waals surface area contributed by atoms with Crippen molar-refractivity contribution in [1.29, 1.82) is 0 Å². The summed E-state index contributed by atoms with van der Waals surface area (Å²) < 4.78 is 17.5. The number of H-pyrrole nitrogens is 3. The van der Waals surface area contributed by atoms with E-state index in [1.807, 2.05) is 60.7 Å². The number of pyridine rings is 1. The lowest BCUT2D eigenvalue weighted by molar-refractivity contribution is 0.0504. The van der Waals surface area contributed by atoms with Gasteiger partial charge in [-0.1, -0.05) is 36.4 Å². The molecule has 0 amide bonds. The normalized spacial score (nSPS) is 15.5. The first kappa shape index (κ1) is 41.0. The van der Waals surface area contributed by atoms with Gasteiger partial charge in [0.2, 0.25) is 5.88 Å². The van der Waals surface area contributed by atoms with Crippen LogP contribution in [0.5, 0.6) is 17.4 Å². The Morgan fingerprint density at radius 2 is 1.49 bits per heavy atom. The number of hydrogen-bond donors (Lipinski definition) is 7. The largest absolute Gasteiger partial charge is 0.491 e. The first-order valence-electron chi connectivity index (χ1n) is 19.5. The van der Waals surface area contributed by atoms with Crippen molar-refractivity contribution < 1.29 is 34.3 Å². The Balaban J connectivity index is 0.000000170. The standard InChI is InChI=1S/C23H29N3O4.C13H17N3O2.C7H6O2/c27-14-18-12-20-21(25-18)4-3-5-22(20)29-16-19(28)13-26-10-7-17(8-11-26)15-30-23-6-1-2-9-24-23;17-13-15-10-2-1-3-11(12(10)16-13)18-8-9-4-6-14-7-5-9;8-7(9)6-4-2-1-3-5-6/h1-6,9,12,17,19,25,27-28H,7-8,10-11,13-16H2;1-3,9,14H,4-8H2,(H2,15,16,17);1-5H,(H,8,9). The van der Waals surface area contributed by atoms with E-state index in [1.54, 1.807) is 36.5 Å². The van der Waals surface area contributed by atoms with Crippen LogP contribution in [0.25, 0.3) is 21.9 Å². The second-order valence-corrected chi connectivity index (χ2v) is 14.3. The van der Waals surface area contributed by atoms with Crippen LogP contribution in [0, 0.1) is 11.8 Å². The van der Waals surface area contributed by atoms with Crippen molar-refractivity contribution in [1.82, 2.24) is 30.2 Å². The van der Waals surface area contributed by atoms with Gasteiger partial charge in [0.25, 0.3) is 0 Å². The Kier molecular flexibility index (Phi) is 15.1. The van der Waals surface area contributed by atoms with Gasteiger partial charge in [-0.3, -0.25) is 0 Å². The Labute approximate surface area is 330 Å². The molecule has 3 aromatic heterocycles. The van der Waals surface area contributed by atoms with Crippen LogP contribution in [-0.4, -0.2) is 105 Å². The fraction of sp³-hybridized carbons (Fsp3) is 0.372. The summed E-state index contributed by atoms with van der Waals surface area (Å²) >= 11 is 0. The highest BCUT2D eigenvalue weighted by atomic mass is 16.5. The highest BCUT2D eigenvalue weighted by molar-refractivity contribution is 5.87. The molecule has 2 fully saturated rings. The summed E-state index contributed by atoms with van der Waals surface area (Å²) in [5, 5.41) is 32.4. The first-order valence-corrected chi connectivity index (χ1v) is 19.5. The van der Waals surface area contributed by atoms with Crippen LogP contribution in [0.2, 0.25) is 0 Å². The van der Waals surface area contributed by atoms with Gasteiger partial charge in [0.05, 0.1) is 30.9 Å². The number of ether oxygens (including phenoxy) is 3. The second-order valence-electron chi connectivity index (χ2n) is 14.3. The molecule has 2 aliphatic rings. The highest BCUT2D eigenvalue weighted by Gasteiger charge is 2.22. The van der Waals surface area contributed by atoms with Crippen molar-refractivity contribution in [3.63, 3.8) is 0 Å². The molecule has 0 bridgehead atoms. The van der Waals surface area contributed by atoms with Gasteiger partial charge in [-0.05, 0) is 112 Å². The fourth-order valence-corrected chi connectivity index (χ4v) is 6.89. The number of carboxylic acid groups (broad SMARTS) is 1. The number of piperidine rings is 2. The Hall–Kier alpha value is -5.67. The average Bonchev–Trinajstić information content (AvgIpc) is 3.87. The molecular formula is C43H52N6O8. The molecule has 57 heavy (non-hydrogen) atoms. The van der Waals surface area contributed by atoms with Crippen LogP contribution in [0.4, 0.5) is 0 Å². The number of hydrogen-bond acceptors (Lipinski definition) is 10. The van der Waals surface area contributed by atoms with Crippen LogP contribution in [0.15, 0.2) is 102 Å². The summed E-state index contributed by atoms with van der Waals surface area (Å²) in [4.78, 5) is 36.6. The SMILES string of the molecule is O=C(O)c1ccccc1.O=c1[nH]c2cccc(OCC3CCNCC3)c2[nH]1.OCc1cc2c(OCC(O)CN3CCC(COc4ccccn4)CC3)cccc2[nH]1. The van der Waals surface area contributed by atoms with Gasteiger partial charge in [0.1, 0.15) is 29.7 Å². The molecule has 3 aromatic carbocycles. The topological polar surface area (TPSA) is 198 Å². The van der Waals surface area contributed by atoms with Gasteiger partial charge >= 0.3 is 11.7 Å². The van der Waals surface area contributed by atoms with Crippen molar-refractivity contribution in [2.45, 2.75) is 38.4 Å². The highest BCUT2D eigenvalue weighted by Crippen LogP contribution is 2.27. The van der Waals surface area contributed by atoms with E-state index in [0.29, 0.717) is 48.8 Å². The predicted octanol–water partition coefficient (Wildman–Crippen LogP) is 5.21. The third-order valence-corrected chi connectivity index (χ3v) is 10.0. The lowest BCUT2D eigenvalue weighted by atomic mass is 9.97. The van der Waals surface area contributed by atoms with Crippen molar-refractivity contribution in [2.75, 3.05) is 52.5 Å². The number of aromatic carboxylic acids is 1. The number of carboxylic acids is 1. The molecule has 0 aliphatic carbocycles. The smallest absolute Gasteiger partial charge is 0.335 e. The molecule has 1 unspecified atom stereocenters.